The highest BCUT2D eigenvalue weighted by atomic mass is 19.4. The van der Waals surface area contributed by atoms with Crippen LogP contribution in [0.5, 0.6) is 0 Å². The van der Waals surface area contributed by atoms with Crippen molar-refractivity contribution >= 4 is 5.97 Å². The topological polar surface area (TPSA) is 29.5 Å². The Kier molecular flexibility index (Phi) is 5.61. The molecule has 1 heterocycles. The number of nitrogens with zero attached hydrogens (tertiary/aromatic N) is 1. The second-order valence-electron chi connectivity index (χ2n) is 7.58. The second kappa shape index (κ2) is 7.59. The molecule has 1 saturated heterocycles. The molecule has 1 saturated carbocycles. The minimum Gasteiger partial charge on any atom is -0.466 e. The van der Waals surface area contributed by atoms with E-state index < -0.39 is 17.2 Å². The zero-order chi connectivity index (χ0) is 18.8. The summed E-state index contributed by atoms with van der Waals surface area (Å²) in [7, 11) is 0. The molecule has 1 aromatic rings. The summed E-state index contributed by atoms with van der Waals surface area (Å²) in [6.45, 7) is 3.69. The SMILES string of the molecule is CCOC(=O)C1(CC2CC2)CCN(Cc2ccccc2C(F)(F)F)CC1. The van der Waals surface area contributed by atoms with Crippen LogP contribution in [0.1, 0.15) is 50.2 Å². The van der Waals surface area contributed by atoms with Gasteiger partial charge in [-0.3, -0.25) is 9.69 Å². The van der Waals surface area contributed by atoms with E-state index in [1.54, 1.807) is 12.1 Å². The molecule has 0 radical (unpaired) electrons. The van der Waals surface area contributed by atoms with Crippen molar-refractivity contribution in [2.75, 3.05) is 19.7 Å². The van der Waals surface area contributed by atoms with E-state index in [4.69, 9.17) is 4.74 Å². The zero-order valence-corrected chi connectivity index (χ0v) is 15.1. The van der Waals surface area contributed by atoms with Crippen LogP contribution < -0.4 is 0 Å². The highest BCUT2D eigenvalue weighted by Crippen LogP contribution is 2.46. The molecule has 0 amide bonds. The van der Waals surface area contributed by atoms with Crippen LogP contribution in [-0.2, 0) is 22.3 Å². The van der Waals surface area contributed by atoms with Crippen LogP contribution >= 0.6 is 0 Å². The molecule has 144 valence electrons. The van der Waals surface area contributed by atoms with Crippen LogP contribution in [0.3, 0.4) is 0 Å². The molecular weight excluding hydrogens is 343 g/mol. The van der Waals surface area contributed by atoms with Crippen LogP contribution in [0.4, 0.5) is 13.2 Å². The van der Waals surface area contributed by atoms with Gasteiger partial charge in [-0.15, -0.1) is 0 Å². The smallest absolute Gasteiger partial charge is 0.416 e. The number of halogens is 3. The number of alkyl halides is 3. The molecule has 1 aliphatic heterocycles. The number of rotatable bonds is 6. The minimum atomic E-state index is -4.34. The maximum Gasteiger partial charge on any atom is 0.416 e. The Morgan fingerprint density at radius 1 is 1.23 bits per heavy atom. The average molecular weight is 369 g/mol. The molecule has 1 aliphatic carbocycles. The number of hydrogen-bond acceptors (Lipinski definition) is 3. The standard InChI is InChI=1S/C20H26F3NO2/c1-2-26-18(25)19(13-15-7-8-15)9-11-24(12-10-19)14-16-5-3-4-6-17(16)20(21,22)23/h3-6,15H,2,7-14H2,1H3. The summed E-state index contributed by atoms with van der Waals surface area (Å²) in [5.74, 6) is 0.485. The number of esters is 1. The van der Waals surface area contributed by atoms with Crippen molar-refractivity contribution < 1.29 is 22.7 Å². The average Bonchev–Trinajstić information content (AvgIpc) is 3.40. The minimum absolute atomic E-state index is 0.123. The summed E-state index contributed by atoms with van der Waals surface area (Å²) in [6.07, 6.45) is 0.187. The van der Waals surface area contributed by atoms with E-state index >= 15 is 0 Å². The molecule has 26 heavy (non-hydrogen) atoms. The van der Waals surface area contributed by atoms with Crippen molar-refractivity contribution in [3.63, 3.8) is 0 Å². The predicted octanol–water partition coefficient (Wildman–Crippen LogP) is 4.65. The third-order valence-corrected chi connectivity index (χ3v) is 5.61. The summed E-state index contributed by atoms with van der Waals surface area (Å²) in [5, 5.41) is 0. The van der Waals surface area contributed by atoms with Crippen LogP contribution in [0.15, 0.2) is 24.3 Å². The number of ether oxygens (including phenoxy) is 1. The lowest BCUT2D eigenvalue weighted by atomic mass is 9.74. The first-order valence-corrected chi connectivity index (χ1v) is 9.39. The molecule has 0 atom stereocenters. The van der Waals surface area contributed by atoms with Crippen molar-refractivity contribution in [2.45, 2.75) is 51.7 Å². The van der Waals surface area contributed by atoms with Crippen LogP contribution in [-0.4, -0.2) is 30.6 Å². The van der Waals surface area contributed by atoms with Crippen molar-refractivity contribution in [1.82, 2.24) is 4.90 Å². The summed E-state index contributed by atoms with van der Waals surface area (Å²) < 4.78 is 44.9. The molecule has 0 aromatic heterocycles. The quantitative estimate of drug-likeness (QED) is 0.684. The van der Waals surface area contributed by atoms with Gasteiger partial charge in [0.25, 0.3) is 0 Å². The van der Waals surface area contributed by atoms with Gasteiger partial charge < -0.3 is 4.74 Å². The van der Waals surface area contributed by atoms with Crippen molar-refractivity contribution in [1.29, 1.82) is 0 Å². The number of carbonyl (C=O) groups is 1. The van der Waals surface area contributed by atoms with Gasteiger partial charge in [-0.05, 0) is 56.8 Å². The summed E-state index contributed by atoms with van der Waals surface area (Å²) in [4.78, 5) is 14.6. The third kappa shape index (κ3) is 4.40. The van der Waals surface area contributed by atoms with E-state index in [1.165, 1.54) is 18.9 Å². The lowest BCUT2D eigenvalue weighted by molar-refractivity contribution is -0.159. The summed E-state index contributed by atoms with van der Waals surface area (Å²) in [6, 6.07) is 5.74. The van der Waals surface area contributed by atoms with E-state index in [1.807, 2.05) is 11.8 Å². The first kappa shape index (κ1) is 19.2. The van der Waals surface area contributed by atoms with Gasteiger partial charge in [0.2, 0.25) is 0 Å². The molecule has 6 heteroatoms. The van der Waals surface area contributed by atoms with Gasteiger partial charge in [0.15, 0.2) is 0 Å². The summed E-state index contributed by atoms with van der Waals surface area (Å²) in [5.41, 5.74) is -0.719. The Morgan fingerprint density at radius 3 is 2.46 bits per heavy atom. The molecule has 2 aliphatic rings. The van der Waals surface area contributed by atoms with Gasteiger partial charge >= 0.3 is 12.1 Å². The molecular formula is C20H26F3NO2. The molecule has 1 aromatic carbocycles. The van der Waals surface area contributed by atoms with E-state index in [9.17, 15) is 18.0 Å². The molecule has 0 N–H and O–H groups in total. The van der Waals surface area contributed by atoms with Crippen molar-refractivity contribution in [3.05, 3.63) is 35.4 Å². The van der Waals surface area contributed by atoms with E-state index in [0.29, 0.717) is 44.0 Å². The lowest BCUT2D eigenvalue weighted by Crippen LogP contribution is -2.45. The molecule has 3 nitrogen and oxygen atoms in total. The van der Waals surface area contributed by atoms with Crippen LogP contribution in [0.25, 0.3) is 0 Å². The number of hydrogen-bond donors (Lipinski definition) is 0. The second-order valence-corrected chi connectivity index (χ2v) is 7.58. The zero-order valence-electron chi connectivity index (χ0n) is 15.1. The first-order valence-electron chi connectivity index (χ1n) is 9.39. The molecule has 0 unspecified atom stereocenters. The third-order valence-electron chi connectivity index (χ3n) is 5.61. The number of benzene rings is 1. The fraction of sp³-hybridized carbons (Fsp3) is 0.650. The fourth-order valence-electron chi connectivity index (χ4n) is 3.97. The van der Waals surface area contributed by atoms with E-state index in [2.05, 4.69) is 0 Å². The number of piperidine rings is 1. The predicted molar refractivity (Wildman–Crippen MR) is 92.4 cm³/mol. The Labute approximate surface area is 152 Å². The first-order chi connectivity index (χ1) is 12.3. The molecule has 0 bridgehead atoms. The van der Waals surface area contributed by atoms with Crippen LogP contribution in [0, 0.1) is 11.3 Å². The highest BCUT2D eigenvalue weighted by molar-refractivity contribution is 5.77. The highest BCUT2D eigenvalue weighted by Gasteiger charge is 2.46. The Morgan fingerprint density at radius 2 is 1.88 bits per heavy atom. The van der Waals surface area contributed by atoms with Gasteiger partial charge in [0.1, 0.15) is 0 Å². The van der Waals surface area contributed by atoms with E-state index in [-0.39, 0.29) is 12.5 Å². The van der Waals surface area contributed by atoms with Gasteiger partial charge in [-0.2, -0.15) is 13.2 Å². The monoisotopic (exact) mass is 369 g/mol. The van der Waals surface area contributed by atoms with Gasteiger partial charge in [-0.25, -0.2) is 0 Å². The Hall–Kier alpha value is -1.56. The molecule has 2 fully saturated rings. The Balaban J connectivity index is 1.67. The van der Waals surface area contributed by atoms with Gasteiger partial charge in [0.05, 0.1) is 17.6 Å². The van der Waals surface area contributed by atoms with Crippen molar-refractivity contribution in [2.24, 2.45) is 11.3 Å². The maximum absolute atomic E-state index is 13.2. The lowest BCUT2D eigenvalue weighted by Gasteiger charge is -2.40. The van der Waals surface area contributed by atoms with Gasteiger partial charge in [-0.1, -0.05) is 31.0 Å². The van der Waals surface area contributed by atoms with E-state index in [0.717, 1.165) is 12.5 Å². The number of carbonyl (C=O) groups excluding carboxylic acids is 1. The Bertz CT molecular complexity index is 632. The molecule has 3 rings (SSSR count). The van der Waals surface area contributed by atoms with Crippen LogP contribution in [0.2, 0.25) is 0 Å². The largest absolute Gasteiger partial charge is 0.466 e. The maximum atomic E-state index is 13.2. The normalized spacial score (nSPS) is 20.8. The molecule has 0 spiro atoms. The van der Waals surface area contributed by atoms with Crippen molar-refractivity contribution in [3.8, 4) is 0 Å². The number of likely N-dealkylation sites (tertiary alicyclic amines) is 1. The summed E-state index contributed by atoms with van der Waals surface area (Å²) >= 11 is 0. The fourth-order valence-corrected chi connectivity index (χ4v) is 3.97. The van der Waals surface area contributed by atoms with Gasteiger partial charge in [0, 0.05) is 6.54 Å².